The molecule has 0 radical (unpaired) electrons. The van der Waals surface area contributed by atoms with Crippen LogP contribution in [-0.2, 0) is 12.8 Å². The monoisotopic (exact) mass is 376 g/mol. The van der Waals surface area contributed by atoms with Crippen LogP contribution >= 0.6 is 0 Å². The molecule has 2 aromatic rings. The van der Waals surface area contributed by atoms with Crippen molar-refractivity contribution < 1.29 is 0 Å². The van der Waals surface area contributed by atoms with Gasteiger partial charge in [-0.1, -0.05) is 73.5 Å². The second kappa shape index (κ2) is 9.71. The number of fused-ring (bicyclic) bond motifs is 1. The molecule has 0 saturated carbocycles. The third-order valence-electron chi connectivity index (χ3n) is 6.96. The summed E-state index contributed by atoms with van der Waals surface area (Å²) in [6, 6.07) is 22.8. The van der Waals surface area contributed by atoms with Crippen LogP contribution in [0.25, 0.3) is 0 Å². The molecule has 1 unspecified atom stereocenters. The molecular formula is C26H36N2. The molecule has 0 aromatic heterocycles. The number of hydrogen-bond acceptors (Lipinski definition) is 2. The minimum Gasteiger partial charge on any atom is -0.317 e. The summed E-state index contributed by atoms with van der Waals surface area (Å²) >= 11 is 0. The van der Waals surface area contributed by atoms with E-state index in [1.807, 2.05) is 0 Å². The van der Waals surface area contributed by atoms with Crippen LogP contribution in [0.4, 0.5) is 0 Å². The van der Waals surface area contributed by atoms with Crippen molar-refractivity contribution in [2.75, 3.05) is 19.6 Å². The van der Waals surface area contributed by atoms with E-state index in [1.54, 1.807) is 0 Å². The van der Waals surface area contributed by atoms with E-state index in [2.05, 4.69) is 70.9 Å². The average Bonchev–Trinajstić information content (AvgIpc) is 2.95. The Kier molecular flexibility index (Phi) is 6.82. The number of benzene rings is 2. The van der Waals surface area contributed by atoms with E-state index in [9.17, 15) is 0 Å². The van der Waals surface area contributed by atoms with Crippen LogP contribution in [0.5, 0.6) is 0 Å². The first-order valence-corrected chi connectivity index (χ1v) is 11.4. The second-order valence-electron chi connectivity index (χ2n) is 8.88. The van der Waals surface area contributed by atoms with Crippen molar-refractivity contribution in [3.63, 3.8) is 0 Å². The summed E-state index contributed by atoms with van der Waals surface area (Å²) in [6.07, 6.45) is 12.2. The molecule has 0 amide bonds. The van der Waals surface area contributed by atoms with Gasteiger partial charge in [-0.3, -0.25) is 4.90 Å². The Hall–Kier alpha value is -1.64. The summed E-state index contributed by atoms with van der Waals surface area (Å²) in [4.78, 5) is 2.80. The van der Waals surface area contributed by atoms with Crippen molar-refractivity contribution in [2.45, 2.75) is 69.4 Å². The highest BCUT2D eigenvalue weighted by atomic mass is 15.3. The van der Waals surface area contributed by atoms with Crippen molar-refractivity contribution in [1.29, 1.82) is 0 Å². The van der Waals surface area contributed by atoms with Gasteiger partial charge in [0, 0.05) is 18.1 Å². The molecule has 2 heteroatoms. The van der Waals surface area contributed by atoms with Crippen LogP contribution in [0.3, 0.4) is 0 Å². The SMILES string of the molecule is C1CCCNCC1.c1ccc(C[C@@H]2CCC3(Cc4ccccc4)CCN23)cc1. The van der Waals surface area contributed by atoms with Crippen molar-refractivity contribution in [2.24, 2.45) is 0 Å². The molecule has 3 fully saturated rings. The van der Waals surface area contributed by atoms with E-state index in [-0.39, 0.29) is 0 Å². The fourth-order valence-corrected chi connectivity index (χ4v) is 5.32. The standard InChI is InChI=1S/C20H23N.C6H13N/c1-3-7-17(8-4-1)15-19-11-12-20(13-14-21(19)20)16-18-9-5-2-6-10-18;1-2-4-6-7-5-3-1/h1-10,19H,11-16H2;7H,1-6H2/t19-,20?;/m0./s1. The summed E-state index contributed by atoms with van der Waals surface area (Å²) in [5, 5.41) is 3.35. The van der Waals surface area contributed by atoms with Crippen LogP contribution in [0, 0.1) is 0 Å². The summed E-state index contributed by atoms with van der Waals surface area (Å²) in [5.41, 5.74) is 3.47. The predicted molar refractivity (Wildman–Crippen MR) is 119 cm³/mol. The van der Waals surface area contributed by atoms with Gasteiger partial charge >= 0.3 is 0 Å². The molecule has 0 aliphatic carbocycles. The zero-order valence-corrected chi connectivity index (χ0v) is 17.3. The highest BCUT2D eigenvalue weighted by Gasteiger charge is 2.51. The van der Waals surface area contributed by atoms with Gasteiger partial charge < -0.3 is 5.32 Å². The Morgan fingerprint density at radius 3 is 2.04 bits per heavy atom. The summed E-state index contributed by atoms with van der Waals surface area (Å²) in [5.74, 6) is 0. The molecular weight excluding hydrogens is 340 g/mol. The largest absolute Gasteiger partial charge is 0.317 e. The topological polar surface area (TPSA) is 15.3 Å². The van der Waals surface area contributed by atoms with Crippen LogP contribution in [0.15, 0.2) is 60.7 Å². The van der Waals surface area contributed by atoms with E-state index >= 15 is 0 Å². The molecule has 3 saturated heterocycles. The Morgan fingerprint density at radius 2 is 1.43 bits per heavy atom. The lowest BCUT2D eigenvalue weighted by atomic mass is 9.79. The molecule has 3 aliphatic rings. The fraction of sp³-hybridized carbons (Fsp3) is 0.538. The average molecular weight is 377 g/mol. The molecule has 28 heavy (non-hydrogen) atoms. The van der Waals surface area contributed by atoms with Crippen LogP contribution < -0.4 is 5.32 Å². The highest BCUT2D eigenvalue weighted by Crippen LogP contribution is 2.47. The Bertz CT molecular complexity index is 679. The molecule has 2 aromatic carbocycles. The number of rotatable bonds is 4. The van der Waals surface area contributed by atoms with Gasteiger partial charge in [0.2, 0.25) is 0 Å². The second-order valence-corrected chi connectivity index (χ2v) is 8.88. The third kappa shape index (κ3) is 4.85. The minimum absolute atomic E-state index is 0.473. The Balaban J connectivity index is 0.000000233. The maximum atomic E-state index is 3.35. The van der Waals surface area contributed by atoms with Crippen molar-refractivity contribution in [1.82, 2.24) is 10.2 Å². The molecule has 1 N–H and O–H groups in total. The summed E-state index contributed by atoms with van der Waals surface area (Å²) in [6.45, 7) is 3.80. The molecule has 2 nitrogen and oxygen atoms in total. The highest BCUT2D eigenvalue weighted by molar-refractivity contribution is 5.23. The molecule has 150 valence electrons. The molecule has 3 heterocycles. The Labute approximate surface area is 171 Å². The minimum atomic E-state index is 0.473. The maximum absolute atomic E-state index is 3.35. The maximum Gasteiger partial charge on any atom is 0.0265 e. The van der Waals surface area contributed by atoms with E-state index in [1.165, 1.54) is 88.5 Å². The lowest BCUT2D eigenvalue weighted by Gasteiger charge is -2.51. The van der Waals surface area contributed by atoms with Crippen molar-refractivity contribution >= 4 is 0 Å². The van der Waals surface area contributed by atoms with Crippen molar-refractivity contribution in [3.05, 3.63) is 71.8 Å². The zero-order chi connectivity index (χ0) is 19.1. The zero-order valence-electron chi connectivity index (χ0n) is 17.3. The van der Waals surface area contributed by atoms with E-state index in [4.69, 9.17) is 0 Å². The van der Waals surface area contributed by atoms with Gasteiger partial charge in [-0.25, -0.2) is 0 Å². The van der Waals surface area contributed by atoms with Crippen LogP contribution in [-0.4, -0.2) is 36.1 Å². The quantitative estimate of drug-likeness (QED) is 0.786. The van der Waals surface area contributed by atoms with Gasteiger partial charge in [-0.2, -0.15) is 0 Å². The molecule has 5 rings (SSSR count). The van der Waals surface area contributed by atoms with Gasteiger partial charge in [0.25, 0.3) is 0 Å². The number of nitrogens with zero attached hydrogens (tertiary/aromatic N) is 1. The summed E-state index contributed by atoms with van der Waals surface area (Å²) in [7, 11) is 0. The first kappa shape index (κ1) is 19.7. The fourth-order valence-electron chi connectivity index (χ4n) is 5.32. The van der Waals surface area contributed by atoms with Gasteiger partial charge in [0.1, 0.15) is 0 Å². The summed E-state index contributed by atoms with van der Waals surface area (Å²) < 4.78 is 0. The van der Waals surface area contributed by atoms with Gasteiger partial charge in [0.05, 0.1) is 0 Å². The van der Waals surface area contributed by atoms with Gasteiger partial charge in [-0.05, 0) is 69.2 Å². The normalized spacial score (nSPS) is 27.1. The smallest absolute Gasteiger partial charge is 0.0265 e. The van der Waals surface area contributed by atoms with E-state index < -0.39 is 0 Å². The van der Waals surface area contributed by atoms with Crippen LogP contribution in [0.1, 0.15) is 56.1 Å². The first-order valence-electron chi connectivity index (χ1n) is 11.4. The third-order valence-corrected chi connectivity index (χ3v) is 6.96. The van der Waals surface area contributed by atoms with Gasteiger partial charge in [0.15, 0.2) is 0 Å². The van der Waals surface area contributed by atoms with Crippen molar-refractivity contribution in [3.8, 4) is 0 Å². The molecule has 3 aliphatic heterocycles. The molecule has 2 atom stereocenters. The van der Waals surface area contributed by atoms with Gasteiger partial charge in [-0.15, -0.1) is 0 Å². The van der Waals surface area contributed by atoms with E-state index in [0.717, 1.165) is 6.04 Å². The number of nitrogens with one attached hydrogen (secondary N) is 1. The molecule has 0 spiro atoms. The number of hydrogen-bond donors (Lipinski definition) is 1. The molecule has 0 bridgehead atoms. The van der Waals surface area contributed by atoms with Crippen LogP contribution in [0.2, 0.25) is 0 Å². The Morgan fingerprint density at radius 1 is 0.786 bits per heavy atom. The van der Waals surface area contributed by atoms with E-state index in [0.29, 0.717) is 5.54 Å². The lowest BCUT2D eigenvalue weighted by Crippen LogP contribution is -2.59. The first-order chi connectivity index (χ1) is 13.9. The lowest BCUT2D eigenvalue weighted by molar-refractivity contribution is -0.00213. The predicted octanol–water partition coefficient (Wildman–Crippen LogP) is 5.23.